The summed E-state index contributed by atoms with van der Waals surface area (Å²) in [5.41, 5.74) is -0.215. The van der Waals surface area contributed by atoms with E-state index in [1.54, 1.807) is 24.3 Å². The van der Waals surface area contributed by atoms with E-state index in [9.17, 15) is 24.3 Å². The Kier molecular flexibility index (Phi) is 5.20. The Balaban J connectivity index is 1.66. The number of aromatic nitrogens is 2. The lowest BCUT2D eigenvalue weighted by molar-refractivity contribution is -0.304. The van der Waals surface area contributed by atoms with Crippen LogP contribution in [0.3, 0.4) is 0 Å². The van der Waals surface area contributed by atoms with Gasteiger partial charge in [0.05, 0.1) is 23.4 Å². The molecule has 0 saturated heterocycles. The number of benzene rings is 1. The number of nitrogens with zero attached hydrogens (tertiary/aromatic N) is 1. The lowest BCUT2D eigenvalue weighted by atomic mass is 9.81. The van der Waals surface area contributed by atoms with Crippen molar-refractivity contribution in [3.8, 4) is 0 Å². The molecule has 26 heavy (non-hydrogen) atoms. The summed E-state index contributed by atoms with van der Waals surface area (Å²) in [5.74, 6) is -1.72. The van der Waals surface area contributed by atoms with Gasteiger partial charge in [0.2, 0.25) is 5.91 Å². The van der Waals surface area contributed by atoms with Crippen molar-refractivity contribution >= 4 is 22.8 Å². The summed E-state index contributed by atoms with van der Waals surface area (Å²) in [4.78, 5) is 49.8. The van der Waals surface area contributed by atoms with Gasteiger partial charge in [0, 0.05) is 12.5 Å². The Morgan fingerprint density at radius 3 is 2.54 bits per heavy atom. The molecule has 0 unspecified atom stereocenters. The van der Waals surface area contributed by atoms with Gasteiger partial charge in [-0.05, 0) is 43.7 Å². The highest BCUT2D eigenvalue weighted by molar-refractivity contribution is 5.82. The number of H-pyrrole nitrogens is 1. The molecule has 1 heterocycles. The number of amides is 1. The molecule has 8 heteroatoms. The molecule has 1 aliphatic rings. The second-order valence-electron chi connectivity index (χ2n) is 6.70. The van der Waals surface area contributed by atoms with E-state index >= 15 is 0 Å². The van der Waals surface area contributed by atoms with Crippen LogP contribution < -0.4 is 21.7 Å². The molecule has 1 amide bonds. The number of rotatable bonds is 5. The molecule has 2 aromatic rings. The Bertz CT molecular complexity index is 938. The summed E-state index contributed by atoms with van der Waals surface area (Å²) in [6.45, 7) is -0.174. The number of carboxylic acids is 1. The minimum atomic E-state index is -1.32. The van der Waals surface area contributed by atoms with E-state index in [0.717, 1.165) is 0 Å². The number of carbonyl (C=O) groups is 2. The number of aliphatic carboxylic acids is 1. The van der Waals surface area contributed by atoms with Crippen LogP contribution in [0, 0.1) is 11.8 Å². The molecule has 0 atom stereocenters. The molecular weight excluding hydrogens is 338 g/mol. The fraction of sp³-hybridized carbons (Fsp3) is 0.444. The smallest absolute Gasteiger partial charge is 0.328 e. The molecule has 0 radical (unpaired) electrons. The van der Waals surface area contributed by atoms with Crippen molar-refractivity contribution in [1.29, 1.82) is 0 Å². The lowest BCUT2D eigenvalue weighted by Crippen LogP contribution is -2.42. The lowest BCUT2D eigenvalue weighted by Gasteiger charge is -2.28. The molecular formula is C18H20N3O5-. The van der Waals surface area contributed by atoms with E-state index in [4.69, 9.17) is 0 Å². The zero-order valence-electron chi connectivity index (χ0n) is 14.2. The van der Waals surface area contributed by atoms with Crippen LogP contribution in [-0.2, 0) is 16.1 Å². The number of nitrogens with one attached hydrogen (secondary N) is 2. The molecule has 0 aliphatic heterocycles. The van der Waals surface area contributed by atoms with Crippen molar-refractivity contribution in [2.45, 2.75) is 32.2 Å². The molecule has 8 nitrogen and oxygen atoms in total. The van der Waals surface area contributed by atoms with Crippen molar-refractivity contribution in [3.63, 3.8) is 0 Å². The molecule has 2 N–H and O–H groups in total. The SMILES string of the molecule is O=C([O-])CNC(=O)C1CCC(Cn2c(=O)[nH]c3ccccc3c2=O)CC1. The molecule has 1 fully saturated rings. The van der Waals surface area contributed by atoms with E-state index in [0.29, 0.717) is 43.1 Å². The third kappa shape index (κ3) is 3.84. The fourth-order valence-electron chi connectivity index (χ4n) is 3.53. The van der Waals surface area contributed by atoms with Crippen LogP contribution in [0.25, 0.3) is 10.9 Å². The molecule has 138 valence electrons. The second kappa shape index (κ2) is 7.55. The van der Waals surface area contributed by atoms with E-state index < -0.39 is 18.2 Å². The minimum absolute atomic E-state index is 0.125. The van der Waals surface area contributed by atoms with Gasteiger partial charge in [-0.15, -0.1) is 0 Å². The largest absolute Gasteiger partial charge is 0.548 e. The third-order valence-electron chi connectivity index (χ3n) is 4.95. The molecule has 1 saturated carbocycles. The van der Waals surface area contributed by atoms with Gasteiger partial charge >= 0.3 is 5.69 Å². The van der Waals surface area contributed by atoms with E-state index in [1.165, 1.54) is 4.57 Å². The zero-order valence-corrected chi connectivity index (χ0v) is 14.2. The molecule has 1 aromatic heterocycles. The number of carbonyl (C=O) groups excluding carboxylic acids is 2. The highest BCUT2D eigenvalue weighted by Gasteiger charge is 2.27. The van der Waals surface area contributed by atoms with Gasteiger partial charge < -0.3 is 20.2 Å². The Labute approximate surface area is 148 Å². The van der Waals surface area contributed by atoms with Crippen molar-refractivity contribution in [2.75, 3.05) is 6.54 Å². The van der Waals surface area contributed by atoms with Crippen molar-refractivity contribution in [2.24, 2.45) is 11.8 Å². The van der Waals surface area contributed by atoms with Crippen molar-refractivity contribution < 1.29 is 14.7 Å². The second-order valence-corrected chi connectivity index (χ2v) is 6.70. The normalized spacial score (nSPS) is 20.0. The van der Waals surface area contributed by atoms with Crippen LogP contribution in [0.15, 0.2) is 33.9 Å². The standard InChI is InChI=1S/C18H21N3O5/c22-15(23)9-19-16(24)12-7-5-11(6-8-12)10-21-17(25)13-3-1-2-4-14(13)20-18(21)26/h1-4,11-12H,5-10H2,(H,19,24)(H,20,26)(H,22,23)/p-1. The molecule has 1 aliphatic carbocycles. The highest BCUT2D eigenvalue weighted by atomic mass is 16.4. The van der Waals surface area contributed by atoms with E-state index in [-0.39, 0.29) is 23.3 Å². The van der Waals surface area contributed by atoms with Gasteiger partial charge in [-0.1, -0.05) is 12.1 Å². The van der Waals surface area contributed by atoms with Gasteiger partial charge in [-0.2, -0.15) is 0 Å². The molecule has 1 aromatic carbocycles. The van der Waals surface area contributed by atoms with Crippen LogP contribution in [0.5, 0.6) is 0 Å². The van der Waals surface area contributed by atoms with Crippen molar-refractivity contribution in [1.82, 2.24) is 14.9 Å². The van der Waals surface area contributed by atoms with Crippen LogP contribution in [0.1, 0.15) is 25.7 Å². The summed E-state index contributed by atoms with van der Waals surface area (Å²) in [6, 6.07) is 6.89. The zero-order chi connectivity index (χ0) is 18.7. The Morgan fingerprint density at radius 1 is 1.15 bits per heavy atom. The predicted octanol–water partition coefficient (Wildman–Crippen LogP) is -0.638. The van der Waals surface area contributed by atoms with Gasteiger partial charge in [-0.25, -0.2) is 4.79 Å². The number of hydrogen-bond donors (Lipinski definition) is 2. The average molecular weight is 358 g/mol. The van der Waals surface area contributed by atoms with Gasteiger partial charge in [0.1, 0.15) is 0 Å². The highest BCUT2D eigenvalue weighted by Crippen LogP contribution is 2.29. The van der Waals surface area contributed by atoms with Gasteiger partial charge in [0.25, 0.3) is 5.56 Å². The monoisotopic (exact) mass is 358 g/mol. The first-order chi connectivity index (χ1) is 12.5. The number of aromatic amines is 1. The first kappa shape index (κ1) is 17.9. The number of para-hydroxylation sites is 1. The summed E-state index contributed by atoms with van der Waals surface area (Å²) in [6.07, 6.45) is 2.60. The minimum Gasteiger partial charge on any atom is -0.548 e. The summed E-state index contributed by atoms with van der Waals surface area (Å²) >= 11 is 0. The van der Waals surface area contributed by atoms with Crippen LogP contribution in [0.2, 0.25) is 0 Å². The van der Waals surface area contributed by atoms with Crippen LogP contribution in [-0.4, -0.2) is 28.0 Å². The van der Waals surface area contributed by atoms with Crippen LogP contribution >= 0.6 is 0 Å². The number of fused-ring (bicyclic) bond motifs is 1. The van der Waals surface area contributed by atoms with Crippen molar-refractivity contribution in [3.05, 3.63) is 45.1 Å². The first-order valence-corrected chi connectivity index (χ1v) is 8.65. The summed E-state index contributed by atoms with van der Waals surface area (Å²) < 4.78 is 1.23. The van der Waals surface area contributed by atoms with E-state index in [1.807, 2.05) is 0 Å². The van der Waals surface area contributed by atoms with Gasteiger partial charge in [0.15, 0.2) is 0 Å². The fourth-order valence-corrected chi connectivity index (χ4v) is 3.53. The quantitative estimate of drug-likeness (QED) is 0.736. The Hall–Kier alpha value is -2.90. The molecule has 0 bridgehead atoms. The Morgan fingerprint density at radius 2 is 1.85 bits per heavy atom. The first-order valence-electron chi connectivity index (χ1n) is 8.65. The number of carboxylic acid groups (broad SMARTS) is 1. The third-order valence-corrected chi connectivity index (χ3v) is 4.95. The van der Waals surface area contributed by atoms with E-state index in [2.05, 4.69) is 10.3 Å². The summed E-state index contributed by atoms with van der Waals surface area (Å²) in [5, 5.41) is 13.2. The average Bonchev–Trinajstić information content (AvgIpc) is 2.63. The maximum atomic E-state index is 12.6. The summed E-state index contributed by atoms with van der Waals surface area (Å²) in [7, 11) is 0. The predicted molar refractivity (Wildman–Crippen MR) is 92.3 cm³/mol. The maximum Gasteiger partial charge on any atom is 0.328 e. The molecule has 3 rings (SSSR count). The molecule has 0 spiro atoms. The number of hydrogen-bond acceptors (Lipinski definition) is 5. The topological polar surface area (TPSA) is 124 Å². The van der Waals surface area contributed by atoms with Gasteiger partial charge in [-0.3, -0.25) is 14.2 Å². The van der Waals surface area contributed by atoms with Crippen LogP contribution in [0.4, 0.5) is 0 Å². The maximum absolute atomic E-state index is 12.6.